The third-order valence-corrected chi connectivity index (χ3v) is 3.37. The van der Waals surface area contributed by atoms with Gasteiger partial charge in [0.05, 0.1) is 5.41 Å². The van der Waals surface area contributed by atoms with Crippen molar-refractivity contribution in [2.75, 3.05) is 0 Å². The lowest BCUT2D eigenvalue weighted by Crippen LogP contribution is -2.38. The Bertz CT molecular complexity index is 302. The van der Waals surface area contributed by atoms with Gasteiger partial charge in [0, 0.05) is 0 Å². The minimum absolute atomic E-state index is 0.00889. The highest BCUT2D eigenvalue weighted by Crippen LogP contribution is 2.36. The molecule has 0 aromatic heterocycles. The van der Waals surface area contributed by atoms with Gasteiger partial charge in [-0.05, 0) is 45.1 Å². The average Bonchev–Trinajstić information content (AvgIpc) is 2.20. The second kappa shape index (κ2) is 4.73. The second-order valence-electron chi connectivity index (χ2n) is 4.59. The molecule has 0 aromatic rings. The van der Waals surface area contributed by atoms with Crippen LogP contribution in [0.5, 0.6) is 0 Å². The first-order valence-electron chi connectivity index (χ1n) is 5.77. The molecular weight excluding hydrogens is 188 g/mol. The molecular formula is C13H20O2. The Morgan fingerprint density at radius 1 is 1.53 bits per heavy atom. The zero-order chi connectivity index (χ0) is 11.5. The van der Waals surface area contributed by atoms with E-state index in [1.807, 2.05) is 6.08 Å². The molecule has 1 aliphatic carbocycles. The van der Waals surface area contributed by atoms with Crippen molar-refractivity contribution in [2.45, 2.75) is 52.9 Å². The fraction of sp³-hybridized carbons (Fsp3) is 0.692. The fourth-order valence-electron chi connectivity index (χ4n) is 2.06. The van der Waals surface area contributed by atoms with E-state index in [-0.39, 0.29) is 11.6 Å². The molecule has 0 amide bonds. The molecule has 0 spiro atoms. The zero-order valence-corrected chi connectivity index (χ0v) is 9.93. The van der Waals surface area contributed by atoms with Crippen molar-refractivity contribution in [1.82, 2.24) is 0 Å². The first-order valence-corrected chi connectivity index (χ1v) is 5.77. The molecule has 15 heavy (non-hydrogen) atoms. The third kappa shape index (κ3) is 2.36. The molecule has 1 rings (SSSR count). The maximum Gasteiger partial charge on any atom is 0.171 e. The monoisotopic (exact) mass is 208 g/mol. The summed E-state index contributed by atoms with van der Waals surface area (Å²) in [7, 11) is 0. The van der Waals surface area contributed by atoms with Crippen LogP contribution in [0.25, 0.3) is 0 Å². The van der Waals surface area contributed by atoms with Crippen molar-refractivity contribution >= 4 is 11.6 Å². The molecule has 1 atom stereocenters. The van der Waals surface area contributed by atoms with E-state index in [9.17, 15) is 9.59 Å². The molecule has 1 fully saturated rings. The van der Waals surface area contributed by atoms with Crippen LogP contribution in [0.3, 0.4) is 0 Å². The van der Waals surface area contributed by atoms with Gasteiger partial charge in [0.2, 0.25) is 0 Å². The van der Waals surface area contributed by atoms with Crippen LogP contribution in [0.15, 0.2) is 11.6 Å². The predicted octanol–water partition coefficient (Wildman–Crippen LogP) is 3.06. The van der Waals surface area contributed by atoms with Gasteiger partial charge in [-0.15, -0.1) is 0 Å². The lowest BCUT2D eigenvalue weighted by Gasteiger charge is -2.30. The number of carbonyl (C=O) groups excluding carboxylic acids is 2. The van der Waals surface area contributed by atoms with E-state index in [0.29, 0.717) is 6.42 Å². The molecule has 0 aliphatic heterocycles. The van der Waals surface area contributed by atoms with Gasteiger partial charge in [-0.2, -0.15) is 0 Å². The van der Waals surface area contributed by atoms with Crippen LogP contribution in [0.2, 0.25) is 0 Å². The number of hydrogen-bond donors (Lipinski definition) is 0. The summed E-state index contributed by atoms with van der Waals surface area (Å²) in [6, 6.07) is 0. The lowest BCUT2D eigenvalue weighted by atomic mass is 9.70. The minimum Gasteiger partial charge on any atom is -0.299 e. The molecule has 0 bridgehead atoms. The van der Waals surface area contributed by atoms with E-state index < -0.39 is 5.41 Å². The Kier molecular flexibility index (Phi) is 3.83. The van der Waals surface area contributed by atoms with Crippen molar-refractivity contribution < 1.29 is 9.59 Å². The van der Waals surface area contributed by atoms with E-state index in [0.717, 1.165) is 31.3 Å². The van der Waals surface area contributed by atoms with Crippen LogP contribution in [0, 0.1) is 5.41 Å². The normalized spacial score (nSPS) is 29.5. The van der Waals surface area contributed by atoms with Crippen LogP contribution >= 0.6 is 0 Å². The summed E-state index contributed by atoms with van der Waals surface area (Å²) in [5, 5.41) is 0. The summed E-state index contributed by atoms with van der Waals surface area (Å²) in [5.74, 6) is 0.0734. The maximum absolute atomic E-state index is 12.1. The van der Waals surface area contributed by atoms with Crippen molar-refractivity contribution in [3.8, 4) is 0 Å². The van der Waals surface area contributed by atoms with Crippen LogP contribution in [0.1, 0.15) is 52.9 Å². The Labute approximate surface area is 91.7 Å². The van der Waals surface area contributed by atoms with Gasteiger partial charge in [-0.1, -0.05) is 19.4 Å². The number of unbranched alkanes of at least 4 members (excludes halogenated alkanes) is 1. The lowest BCUT2D eigenvalue weighted by molar-refractivity contribution is -0.137. The van der Waals surface area contributed by atoms with Gasteiger partial charge in [-0.3, -0.25) is 9.59 Å². The van der Waals surface area contributed by atoms with Crippen LogP contribution in [0.4, 0.5) is 0 Å². The Morgan fingerprint density at radius 3 is 2.73 bits per heavy atom. The number of carbonyl (C=O) groups is 2. The van der Waals surface area contributed by atoms with Crippen molar-refractivity contribution in [3.05, 3.63) is 11.6 Å². The summed E-state index contributed by atoms with van der Waals surface area (Å²) in [5.41, 5.74) is 0.137. The Balaban J connectivity index is 2.89. The van der Waals surface area contributed by atoms with Gasteiger partial charge in [0.25, 0.3) is 0 Å². The quantitative estimate of drug-likeness (QED) is 0.527. The van der Waals surface area contributed by atoms with Crippen LogP contribution in [-0.4, -0.2) is 11.6 Å². The Hall–Kier alpha value is -0.920. The number of allylic oxidation sites excluding steroid dienone is 2. The second-order valence-corrected chi connectivity index (χ2v) is 4.59. The summed E-state index contributed by atoms with van der Waals surface area (Å²) >= 11 is 0. The number of hydrogen-bond acceptors (Lipinski definition) is 2. The molecule has 0 radical (unpaired) electrons. The summed E-state index contributed by atoms with van der Waals surface area (Å²) in [4.78, 5) is 23.6. The van der Waals surface area contributed by atoms with E-state index >= 15 is 0 Å². The molecule has 1 aliphatic rings. The molecule has 84 valence electrons. The van der Waals surface area contributed by atoms with Gasteiger partial charge in [0.1, 0.15) is 5.78 Å². The van der Waals surface area contributed by atoms with E-state index in [1.54, 1.807) is 6.92 Å². The van der Waals surface area contributed by atoms with Crippen LogP contribution < -0.4 is 0 Å². The van der Waals surface area contributed by atoms with Crippen molar-refractivity contribution in [2.24, 2.45) is 5.41 Å². The first-order chi connectivity index (χ1) is 7.02. The first kappa shape index (κ1) is 12.2. The van der Waals surface area contributed by atoms with E-state index in [2.05, 4.69) is 6.92 Å². The van der Waals surface area contributed by atoms with Gasteiger partial charge >= 0.3 is 0 Å². The number of rotatable bonds is 3. The van der Waals surface area contributed by atoms with Crippen LogP contribution in [-0.2, 0) is 9.59 Å². The molecule has 2 nitrogen and oxygen atoms in total. The Morgan fingerprint density at radius 2 is 2.20 bits per heavy atom. The van der Waals surface area contributed by atoms with E-state index in [4.69, 9.17) is 0 Å². The molecule has 0 unspecified atom stereocenters. The van der Waals surface area contributed by atoms with Gasteiger partial charge in [-0.25, -0.2) is 0 Å². The fourth-order valence-corrected chi connectivity index (χ4v) is 2.06. The van der Waals surface area contributed by atoms with Crippen molar-refractivity contribution in [1.29, 1.82) is 0 Å². The summed E-state index contributed by atoms with van der Waals surface area (Å²) < 4.78 is 0. The highest BCUT2D eigenvalue weighted by Gasteiger charge is 2.41. The van der Waals surface area contributed by atoms with Gasteiger partial charge in [0.15, 0.2) is 5.78 Å². The topological polar surface area (TPSA) is 34.1 Å². The molecule has 0 N–H and O–H groups in total. The summed E-state index contributed by atoms with van der Waals surface area (Å²) in [6.07, 6.45) is 6.52. The summed E-state index contributed by atoms with van der Waals surface area (Å²) in [6.45, 7) is 5.41. The zero-order valence-electron chi connectivity index (χ0n) is 9.93. The number of ketones is 2. The molecule has 0 saturated heterocycles. The smallest absolute Gasteiger partial charge is 0.171 e. The largest absolute Gasteiger partial charge is 0.299 e. The molecule has 0 aromatic carbocycles. The molecule has 1 saturated carbocycles. The molecule has 2 heteroatoms. The predicted molar refractivity (Wildman–Crippen MR) is 60.6 cm³/mol. The third-order valence-electron chi connectivity index (χ3n) is 3.37. The highest BCUT2D eigenvalue weighted by atomic mass is 16.2. The highest BCUT2D eigenvalue weighted by molar-refractivity contribution is 6.13. The average molecular weight is 208 g/mol. The van der Waals surface area contributed by atoms with Crippen molar-refractivity contribution in [3.63, 3.8) is 0 Å². The number of Topliss-reactive ketones (excluding diaryl/α,β-unsaturated/α-hetero) is 2. The standard InChI is InChI=1S/C13H20O2/c1-4-5-7-11-8-6-9-13(3,10(2)14)12(11)15/h7H,4-6,8-9H2,1-3H3/b11-7-/t13-/m1/s1. The van der Waals surface area contributed by atoms with E-state index in [1.165, 1.54) is 6.92 Å². The SMILES string of the molecule is CCC/C=C1/CCC[C@](C)(C(C)=O)C1=O. The van der Waals surface area contributed by atoms with Gasteiger partial charge < -0.3 is 0 Å². The molecule has 0 heterocycles. The minimum atomic E-state index is -0.738. The maximum atomic E-state index is 12.1.